The quantitative estimate of drug-likeness (QED) is 0.490. The molecule has 0 fully saturated rings. The standard InChI is InChI=1S/C10H5ClN4O2/c11-10-9-4-12-5-14(9)8-3-6(15(16)17)1-2-7(8)13-10/h1-5H. The van der Waals surface area contributed by atoms with Crippen LogP contribution in [-0.2, 0) is 0 Å². The number of hydrogen-bond donors (Lipinski definition) is 0. The van der Waals surface area contributed by atoms with Crippen LogP contribution in [0.3, 0.4) is 0 Å². The van der Waals surface area contributed by atoms with Gasteiger partial charge in [0.15, 0.2) is 5.15 Å². The highest BCUT2D eigenvalue weighted by Gasteiger charge is 2.11. The molecule has 7 heteroatoms. The minimum absolute atomic E-state index is 0.0108. The van der Waals surface area contributed by atoms with E-state index in [1.807, 2.05) is 0 Å². The predicted molar refractivity (Wildman–Crippen MR) is 62.2 cm³/mol. The molecule has 0 spiro atoms. The molecule has 0 unspecified atom stereocenters. The molecule has 2 aromatic heterocycles. The number of fused-ring (bicyclic) bond motifs is 3. The molecule has 0 radical (unpaired) electrons. The average Bonchev–Trinajstić information content (AvgIpc) is 2.78. The number of nitro groups is 1. The van der Waals surface area contributed by atoms with Crippen molar-refractivity contribution in [1.29, 1.82) is 0 Å². The van der Waals surface area contributed by atoms with Crippen LogP contribution in [0.1, 0.15) is 0 Å². The summed E-state index contributed by atoms with van der Waals surface area (Å²) in [5, 5.41) is 11.0. The molecule has 0 atom stereocenters. The molecule has 6 nitrogen and oxygen atoms in total. The first-order chi connectivity index (χ1) is 8.16. The third kappa shape index (κ3) is 1.42. The van der Waals surface area contributed by atoms with Gasteiger partial charge in [0.05, 0.1) is 28.5 Å². The van der Waals surface area contributed by atoms with E-state index in [0.717, 1.165) is 0 Å². The Labute approximate surface area is 99.6 Å². The molecule has 0 aliphatic rings. The van der Waals surface area contributed by atoms with E-state index in [1.165, 1.54) is 12.1 Å². The van der Waals surface area contributed by atoms with Crippen LogP contribution < -0.4 is 0 Å². The fraction of sp³-hybridized carbons (Fsp3) is 0. The van der Waals surface area contributed by atoms with E-state index in [-0.39, 0.29) is 5.69 Å². The Kier molecular flexibility index (Phi) is 1.99. The lowest BCUT2D eigenvalue weighted by molar-refractivity contribution is -0.384. The van der Waals surface area contributed by atoms with Gasteiger partial charge in [0, 0.05) is 12.1 Å². The monoisotopic (exact) mass is 248 g/mol. The third-order valence-electron chi connectivity index (χ3n) is 2.50. The van der Waals surface area contributed by atoms with E-state index < -0.39 is 4.92 Å². The fourth-order valence-electron chi connectivity index (χ4n) is 1.72. The maximum Gasteiger partial charge on any atom is 0.271 e. The van der Waals surface area contributed by atoms with E-state index in [4.69, 9.17) is 11.6 Å². The molecule has 3 aromatic rings. The molecule has 0 amide bonds. The number of aromatic nitrogens is 3. The first-order valence-electron chi connectivity index (χ1n) is 4.72. The van der Waals surface area contributed by atoms with Crippen molar-refractivity contribution in [2.24, 2.45) is 0 Å². The lowest BCUT2D eigenvalue weighted by atomic mass is 10.2. The highest BCUT2D eigenvalue weighted by atomic mass is 35.5. The third-order valence-corrected chi connectivity index (χ3v) is 2.78. The summed E-state index contributed by atoms with van der Waals surface area (Å²) >= 11 is 5.97. The van der Waals surface area contributed by atoms with Gasteiger partial charge in [-0.15, -0.1) is 0 Å². The van der Waals surface area contributed by atoms with Crippen LogP contribution in [0.4, 0.5) is 5.69 Å². The Morgan fingerprint density at radius 1 is 1.35 bits per heavy atom. The van der Waals surface area contributed by atoms with Crippen molar-refractivity contribution in [3.8, 4) is 0 Å². The second-order valence-electron chi connectivity index (χ2n) is 3.48. The van der Waals surface area contributed by atoms with Crippen molar-refractivity contribution in [3.63, 3.8) is 0 Å². The first-order valence-corrected chi connectivity index (χ1v) is 5.10. The van der Waals surface area contributed by atoms with E-state index in [0.29, 0.717) is 21.7 Å². The number of imidazole rings is 1. The maximum atomic E-state index is 10.7. The molecule has 2 heterocycles. The van der Waals surface area contributed by atoms with Crippen molar-refractivity contribution in [2.45, 2.75) is 0 Å². The molecular weight excluding hydrogens is 244 g/mol. The summed E-state index contributed by atoms with van der Waals surface area (Å²) in [4.78, 5) is 18.4. The zero-order valence-electron chi connectivity index (χ0n) is 8.37. The highest BCUT2D eigenvalue weighted by molar-refractivity contribution is 6.33. The summed E-state index contributed by atoms with van der Waals surface area (Å²) in [6, 6.07) is 4.42. The van der Waals surface area contributed by atoms with Gasteiger partial charge in [-0.1, -0.05) is 11.6 Å². The average molecular weight is 249 g/mol. The van der Waals surface area contributed by atoms with Crippen LogP contribution in [-0.4, -0.2) is 19.3 Å². The number of nitrogens with zero attached hydrogens (tertiary/aromatic N) is 4. The number of nitro benzene ring substituents is 1. The van der Waals surface area contributed by atoms with Gasteiger partial charge < -0.3 is 0 Å². The smallest absolute Gasteiger partial charge is 0.271 e. The summed E-state index contributed by atoms with van der Waals surface area (Å²) in [6.07, 6.45) is 3.11. The molecule has 1 aromatic carbocycles. The van der Waals surface area contributed by atoms with Crippen molar-refractivity contribution >= 4 is 33.8 Å². The van der Waals surface area contributed by atoms with E-state index in [2.05, 4.69) is 9.97 Å². The Balaban J connectivity index is 2.48. The van der Waals surface area contributed by atoms with Gasteiger partial charge in [-0.25, -0.2) is 9.97 Å². The largest absolute Gasteiger partial charge is 0.294 e. The fourth-order valence-corrected chi connectivity index (χ4v) is 1.95. The van der Waals surface area contributed by atoms with Crippen LogP contribution in [0.15, 0.2) is 30.7 Å². The van der Waals surface area contributed by atoms with Gasteiger partial charge >= 0.3 is 0 Å². The summed E-state index contributed by atoms with van der Waals surface area (Å²) in [5.41, 5.74) is 1.83. The van der Waals surface area contributed by atoms with Crippen molar-refractivity contribution in [2.75, 3.05) is 0 Å². The number of hydrogen-bond acceptors (Lipinski definition) is 4. The lowest BCUT2D eigenvalue weighted by Crippen LogP contribution is -1.94. The molecule has 0 bridgehead atoms. The van der Waals surface area contributed by atoms with Crippen LogP contribution in [0.5, 0.6) is 0 Å². The van der Waals surface area contributed by atoms with Gasteiger partial charge in [-0.3, -0.25) is 14.5 Å². The van der Waals surface area contributed by atoms with Gasteiger partial charge in [-0.05, 0) is 6.07 Å². The van der Waals surface area contributed by atoms with Crippen LogP contribution in [0.25, 0.3) is 16.6 Å². The number of halogens is 1. The lowest BCUT2D eigenvalue weighted by Gasteiger charge is -2.02. The van der Waals surface area contributed by atoms with Crippen molar-refractivity contribution in [3.05, 3.63) is 46.0 Å². The van der Waals surface area contributed by atoms with Gasteiger partial charge in [0.1, 0.15) is 5.52 Å². The molecule has 84 valence electrons. The Morgan fingerprint density at radius 3 is 2.94 bits per heavy atom. The van der Waals surface area contributed by atoms with E-state index in [9.17, 15) is 10.1 Å². The number of non-ortho nitro benzene ring substituents is 1. The SMILES string of the molecule is O=[N+]([O-])c1ccc2nc(Cl)c3cncn3c2c1. The molecule has 0 aliphatic heterocycles. The zero-order chi connectivity index (χ0) is 12.0. The maximum absolute atomic E-state index is 10.7. The second-order valence-corrected chi connectivity index (χ2v) is 3.84. The second kappa shape index (κ2) is 3.39. The van der Waals surface area contributed by atoms with Crippen molar-refractivity contribution < 1.29 is 4.92 Å². The Morgan fingerprint density at radius 2 is 2.18 bits per heavy atom. The minimum atomic E-state index is -0.448. The summed E-state index contributed by atoms with van der Waals surface area (Å²) in [5.74, 6) is 0. The molecule has 0 aliphatic carbocycles. The Hall–Kier alpha value is -2.21. The molecule has 0 N–H and O–H groups in total. The van der Waals surface area contributed by atoms with Gasteiger partial charge in [0.25, 0.3) is 5.69 Å². The summed E-state index contributed by atoms with van der Waals surface area (Å²) in [7, 11) is 0. The highest BCUT2D eigenvalue weighted by Crippen LogP contribution is 2.24. The van der Waals surface area contributed by atoms with E-state index >= 15 is 0 Å². The Bertz CT molecular complexity index is 752. The predicted octanol–water partition coefficient (Wildman–Crippen LogP) is 2.44. The zero-order valence-corrected chi connectivity index (χ0v) is 9.13. The molecule has 0 saturated heterocycles. The minimum Gasteiger partial charge on any atom is -0.294 e. The number of benzene rings is 1. The topological polar surface area (TPSA) is 73.3 Å². The molecule has 3 rings (SSSR count). The molecule has 17 heavy (non-hydrogen) atoms. The molecule has 0 saturated carbocycles. The van der Waals surface area contributed by atoms with Crippen LogP contribution in [0.2, 0.25) is 5.15 Å². The van der Waals surface area contributed by atoms with Gasteiger partial charge in [0.2, 0.25) is 0 Å². The number of rotatable bonds is 1. The first kappa shape index (κ1) is 9.98. The van der Waals surface area contributed by atoms with Crippen molar-refractivity contribution in [1.82, 2.24) is 14.4 Å². The summed E-state index contributed by atoms with van der Waals surface area (Å²) < 4.78 is 1.68. The van der Waals surface area contributed by atoms with E-state index in [1.54, 1.807) is 23.0 Å². The molecular formula is C10H5ClN4O2. The summed E-state index contributed by atoms with van der Waals surface area (Å²) in [6.45, 7) is 0. The van der Waals surface area contributed by atoms with Crippen LogP contribution >= 0.6 is 11.6 Å². The normalized spacial score (nSPS) is 11.1. The van der Waals surface area contributed by atoms with Gasteiger partial charge in [-0.2, -0.15) is 0 Å². The van der Waals surface area contributed by atoms with Crippen LogP contribution in [0, 0.1) is 10.1 Å².